The number of pyridine rings is 1. The van der Waals surface area contributed by atoms with Gasteiger partial charge in [-0.05, 0) is 55.0 Å². The molecule has 6 rings (SSSR count). The van der Waals surface area contributed by atoms with Gasteiger partial charge in [-0.15, -0.1) is 10.2 Å². The van der Waals surface area contributed by atoms with Crippen molar-refractivity contribution in [3.8, 4) is 0 Å². The summed E-state index contributed by atoms with van der Waals surface area (Å²) in [6.07, 6.45) is 14.8. The summed E-state index contributed by atoms with van der Waals surface area (Å²) in [5, 5.41) is 15.2. The van der Waals surface area contributed by atoms with Gasteiger partial charge in [-0.25, -0.2) is 11.6 Å². The van der Waals surface area contributed by atoms with Crippen molar-refractivity contribution in [1.82, 2.24) is 29.5 Å². The number of aryl methyl sites for hydroxylation is 1. The van der Waals surface area contributed by atoms with E-state index in [0.717, 1.165) is 41.4 Å². The van der Waals surface area contributed by atoms with E-state index in [1.54, 1.807) is 12.5 Å². The van der Waals surface area contributed by atoms with Gasteiger partial charge in [-0.3, -0.25) is 4.79 Å². The third-order valence-electron chi connectivity index (χ3n) is 8.99. The van der Waals surface area contributed by atoms with Crippen LogP contribution in [0.3, 0.4) is 0 Å². The molecule has 1 amide bonds. The Morgan fingerprint density at radius 1 is 1.25 bits per heavy atom. The Morgan fingerprint density at radius 3 is 2.83 bits per heavy atom. The number of hydrogen-bond acceptors (Lipinski definition) is 5. The molecule has 9 nitrogen and oxygen atoms in total. The van der Waals surface area contributed by atoms with E-state index >= 15 is 0 Å². The first-order chi connectivity index (χ1) is 19.4. The maximum Gasteiger partial charge on any atom is 0.259 e. The van der Waals surface area contributed by atoms with E-state index in [0.29, 0.717) is 30.2 Å². The van der Waals surface area contributed by atoms with Crippen LogP contribution in [0.1, 0.15) is 72.8 Å². The fourth-order valence-electron chi connectivity index (χ4n) is 6.57. The van der Waals surface area contributed by atoms with Crippen LogP contribution in [0, 0.1) is 12.5 Å². The van der Waals surface area contributed by atoms with Crippen LogP contribution in [0.2, 0.25) is 0 Å². The summed E-state index contributed by atoms with van der Waals surface area (Å²) in [6.45, 7) is 10.5. The summed E-state index contributed by atoms with van der Waals surface area (Å²) in [4.78, 5) is 21.9. The van der Waals surface area contributed by atoms with E-state index in [1.165, 1.54) is 25.7 Å². The summed E-state index contributed by atoms with van der Waals surface area (Å²) in [5.41, 5.74) is 3.88. The van der Waals surface area contributed by atoms with Crippen molar-refractivity contribution in [2.45, 2.75) is 75.9 Å². The Kier molecular flexibility index (Phi) is 7.11. The quantitative estimate of drug-likeness (QED) is 0.296. The van der Waals surface area contributed by atoms with Crippen LogP contribution in [0.15, 0.2) is 55.2 Å². The molecular formula is C31H36N8O. The normalized spacial score (nSPS) is 21.7. The first-order valence-corrected chi connectivity index (χ1v) is 14.2. The molecule has 0 aliphatic heterocycles. The van der Waals surface area contributed by atoms with E-state index < -0.39 is 0 Å². The Bertz CT molecular complexity index is 1550. The molecule has 40 heavy (non-hydrogen) atoms. The van der Waals surface area contributed by atoms with Crippen LogP contribution >= 0.6 is 0 Å². The lowest BCUT2D eigenvalue weighted by atomic mass is 9.60. The number of carbonyl (C=O) groups excluding carboxylic acids is 1. The minimum absolute atomic E-state index is 0.00735. The number of nitrogens with one attached hydrogen (secondary N) is 2. The maximum absolute atomic E-state index is 13.6. The largest absolute Gasteiger partial charge is 0.322 e. The summed E-state index contributed by atoms with van der Waals surface area (Å²) in [5.74, 6) is 1.44. The van der Waals surface area contributed by atoms with Gasteiger partial charge in [0.1, 0.15) is 17.8 Å². The first kappa shape index (κ1) is 26.2. The third-order valence-corrected chi connectivity index (χ3v) is 8.99. The summed E-state index contributed by atoms with van der Waals surface area (Å²) >= 11 is 0. The second kappa shape index (κ2) is 10.9. The Hall–Kier alpha value is -4.03. The maximum atomic E-state index is 13.6. The average Bonchev–Trinajstić information content (AvgIpc) is 3.71. The molecule has 1 atom stereocenters. The second-order valence-corrected chi connectivity index (χ2v) is 11.7. The fourth-order valence-corrected chi connectivity index (χ4v) is 6.57. The lowest BCUT2D eigenvalue weighted by molar-refractivity contribution is 0.102. The summed E-state index contributed by atoms with van der Waals surface area (Å²) in [7, 11) is 1.94. The van der Waals surface area contributed by atoms with Crippen molar-refractivity contribution in [2.75, 3.05) is 5.32 Å². The van der Waals surface area contributed by atoms with Gasteiger partial charge in [0.05, 0.1) is 5.56 Å². The van der Waals surface area contributed by atoms with Gasteiger partial charge in [0.2, 0.25) is 6.04 Å². The monoisotopic (exact) mass is 536 g/mol. The second-order valence-electron chi connectivity index (χ2n) is 11.7. The molecule has 0 bridgehead atoms. The van der Waals surface area contributed by atoms with Crippen molar-refractivity contribution in [2.24, 2.45) is 13.0 Å². The highest BCUT2D eigenvalue weighted by Crippen LogP contribution is 2.48. The van der Waals surface area contributed by atoms with Gasteiger partial charge in [0.25, 0.3) is 5.91 Å². The Balaban J connectivity index is 1.22. The molecule has 2 aliphatic rings. The van der Waals surface area contributed by atoms with E-state index in [-0.39, 0.29) is 17.4 Å². The zero-order valence-corrected chi connectivity index (χ0v) is 23.2. The molecule has 2 saturated carbocycles. The molecule has 3 heterocycles. The van der Waals surface area contributed by atoms with E-state index in [9.17, 15) is 4.79 Å². The van der Waals surface area contributed by atoms with Crippen LogP contribution in [0.4, 0.5) is 5.69 Å². The number of benzene rings is 1. The Labute approximate surface area is 234 Å². The van der Waals surface area contributed by atoms with Gasteiger partial charge >= 0.3 is 0 Å². The standard InChI is InChI=1S/C31H36N8O/c1-21(23-7-4-5-8-23)34-18-22-13-27(29-33-11-12-39(29)19-22)30(40)36-25-10-6-9-24(14-25)31(15-26(16-31)32-2)17-28-37-35-20-38(28)3/h6,9-14,19-21,23,26,34H,4-5,7-8,15-18H2,1,3H3,(H,36,40)/t21-,26?,31?/m0/s1. The van der Waals surface area contributed by atoms with Crippen molar-refractivity contribution in [1.29, 1.82) is 0 Å². The predicted octanol–water partition coefficient (Wildman–Crippen LogP) is 4.95. The lowest BCUT2D eigenvalue weighted by Gasteiger charge is -2.42. The zero-order valence-electron chi connectivity index (χ0n) is 23.2. The van der Waals surface area contributed by atoms with Crippen LogP contribution < -0.4 is 10.6 Å². The topological polar surface area (TPSA) is 93.5 Å². The van der Waals surface area contributed by atoms with E-state index in [4.69, 9.17) is 6.57 Å². The van der Waals surface area contributed by atoms with E-state index in [2.05, 4.69) is 49.8 Å². The smallest absolute Gasteiger partial charge is 0.259 e. The number of rotatable bonds is 9. The highest BCUT2D eigenvalue weighted by atomic mass is 16.1. The molecule has 0 spiro atoms. The van der Waals surface area contributed by atoms with Crippen molar-refractivity contribution in [3.05, 3.63) is 89.2 Å². The summed E-state index contributed by atoms with van der Waals surface area (Å²) in [6, 6.07) is 10.4. The number of carbonyl (C=O) groups is 1. The highest BCUT2D eigenvalue weighted by Gasteiger charge is 2.50. The Morgan fingerprint density at radius 2 is 2.08 bits per heavy atom. The van der Waals surface area contributed by atoms with Crippen LogP contribution in [-0.4, -0.2) is 42.1 Å². The molecule has 206 valence electrons. The fraction of sp³-hybridized carbons (Fsp3) is 0.452. The SMILES string of the molecule is [C-]#[N+]C1CC(Cc2nncn2C)(c2cccc(NC(=O)c3cc(CN[C@@H](C)C4CCCC4)cn4ccnc34)c2)C1. The summed E-state index contributed by atoms with van der Waals surface area (Å²) < 4.78 is 3.86. The predicted molar refractivity (Wildman–Crippen MR) is 154 cm³/mol. The van der Waals surface area contributed by atoms with Crippen molar-refractivity contribution in [3.63, 3.8) is 0 Å². The minimum atomic E-state index is -0.200. The molecular weight excluding hydrogens is 500 g/mol. The molecule has 2 N–H and O–H groups in total. The molecule has 2 fully saturated rings. The zero-order chi connectivity index (χ0) is 27.7. The third kappa shape index (κ3) is 5.11. The number of fused-ring (bicyclic) bond motifs is 1. The molecule has 1 aromatic carbocycles. The number of nitrogens with zero attached hydrogens (tertiary/aromatic N) is 6. The van der Waals surface area contributed by atoms with Gasteiger partial charge < -0.3 is 24.4 Å². The minimum Gasteiger partial charge on any atom is -0.322 e. The molecule has 2 aliphatic carbocycles. The van der Waals surface area contributed by atoms with Gasteiger partial charge in [-0.2, -0.15) is 0 Å². The highest BCUT2D eigenvalue weighted by molar-refractivity contribution is 6.08. The molecule has 4 aromatic rings. The molecule has 0 radical (unpaired) electrons. The van der Waals surface area contributed by atoms with Crippen LogP contribution in [0.25, 0.3) is 10.5 Å². The molecule has 0 unspecified atom stereocenters. The van der Waals surface area contributed by atoms with Crippen molar-refractivity contribution < 1.29 is 4.79 Å². The van der Waals surface area contributed by atoms with Crippen molar-refractivity contribution >= 4 is 17.2 Å². The van der Waals surface area contributed by atoms with Crippen LogP contribution in [0.5, 0.6) is 0 Å². The number of aromatic nitrogens is 5. The van der Waals surface area contributed by atoms with Gasteiger partial charge in [0.15, 0.2) is 0 Å². The number of hydrogen-bond donors (Lipinski definition) is 2. The number of imidazole rings is 1. The first-order valence-electron chi connectivity index (χ1n) is 14.2. The lowest BCUT2D eigenvalue weighted by Crippen LogP contribution is -2.45. The number of amides is 1. The molecule has 9 heteroatoms. The average molecular weight is 537 g/mol. The van der Waals surface area contributed by atoms with Crippen LogP contribution in [-0.2, 0) is 25.4 Å². The van der Waals surface area contributed by atoms with E-state index in [1.807, 2.05) is 46.5 Å². The molecule has 3 aromatic heterocycles. The number of anilines is 1. The van der Waals surface area contributed by atoms with Gasteiger partial charge in [-0.1, -0.05) is 25.0 Å². The molecule has 0 saturated heterocycles. The van der Waals surface area contributed by atoms with Gasteiger partial charge in [0, 0.05) is 68.6 Å².